The molecule has 2 rings (SSSR count). The van der Waals surface area contributed by atoms with Gasteiger partial charge in [0, 0.05) is 17.1 Å². The van der Waals surface area contributed by atoms with Crippen molar-refractivity contribution in [1.29, 1.82) is 0 Å². The fraction of sp³-hybridized carbons (Fsp3) is 0.231. The van der Waals surface area contributed by atoms with E-state index < -0.39 is 11.8 Å². The molecule has 2 aromatic rings. The Hall–Kier alpha value is -2.10. The van der Waals surface area contributed by atoms with Crippen LogP contribution in [0.1, 0.15) is 22.8 Å². The van der Waals surface area contributed by atoms with Crippen LogP contribution in [0.4, 0.5) is 0 Å². The molecule has 88 valence electrons. The summed E-state index contributed by atoms with van der Waals surface area (Å²) in [6.07, 6.45) is 1.54. The smallest absolute Gasteiger partial charge is 0.379 e. The van der Waals surface area contributed by atoms with Crippen LogP contribution in [-0.4, -0.2) is 23.3 Å². The van der Waals surface area contributed by atoms with E-state index in [9.17, 15) is 9.59 Å². The zero-order chi connectivity index (χ0) is 12.4. The molecule has 0 radical (unpaired) electrons. The number of esters is 1. The van der Waals surface area contributed by atoms with E-state index in [2.05, 4.69) is 4.98 Å². The molecule has 0 aliphatic heterocycles. The van der Waals surface area contributed by atoms with Crippen molar-refractivity contribution < 1.29 is 14.3 Å². The van der Waals surface area contributed by atoms with Crippen molar-refractivity contribution in [3.8, 4) is 0 Å². The van der Waals surface area contributed by atoms with Crippen molar-refractivity contribution in [3.05, 3.63) is 35.5 Å². The van der Waals surface area contributed by atoms with Gasteiger partial charge in [0.1, 0.15) is 0 Å². The van der Waals surface area contributed by atoms with Crippen molar-refractivity contribution in [2.45, 2.75) is 13.8 Å². The number of H-pyrrole nitrogens is 1. The van der Waals surface area contributed by atoms with Gasteiger partial charge in [0.15, 0.2) is 0 Å². The van der Waals surface area contributed by atoms with Crippen LogP contribution < -0.4 is 0 Å². The van der Waals surface area contributed by atoms with Gasteiger partial charge in [0.25, 0.3) is 5.78 Å². The third kappa shape index (κ3) is 2.06. The third-order valence-electron chi connectivity index (χ3n) is 2.54. The number of fused-ring (bicyclic) bond motifs is 1. The Bertz CT molecular complexity index is 583. The van der Waals surface area contributed by atoms with Gasteiger partial charge in [0.05, 0.1) is 12.2 Å². The van der Waals surface area contributed by atoms with Gasteiger partial charge in [-0.15, -0.1) is 0 Å². The molecule has 0 aliphatic carbocycles. The van der Waals surface area contributed by atoms with E-state index in [1.165, 1.54) is 0 Å². The monoisotopic (exact) mass is 231 g/mol. The van der Waals surface area contributed by atoms with Gasteiger partial charge in [-0.1, -0.05) is 12.1 Å². The fourth-order valence-corrected chi connectivity index (χ4v) is 1.73. The average Bonchev–Trinajstić information content (AvgIpc) is 2.71. The summed E-state index contributed by atoms with van der Waals surface area (Å²) in [6.45, 7) is 3.84. The molecular weight excluding hydrogens is 218 g/mol. The van der Waals surface area contributed by atoms with E-state index in [1.54, 1.807) is 13.1 Å². The Balaban J connectivity index is 2.43. The van der Waals surface area contributed by atoms with Crippen LogP contribution in [0.5, 0.6) is 0 Å². The maximum absolute atomic E-state index is 11.8. The standard InChI is InChI=1S/C13H13NO3/c1-3-17-13(16)12(15)10-7-14-11-6-8(2)4-5-9(10)11/h4-7,14H,3H2,1-2H3. The summed E-state index contributed by atoms with van der Waals surface area (Å²) in [4.78, 5) is 26.1. The Labute approximate surface area is 98.6 Å². The average molecular weight is 231 g/mol. The SMILES string of the molecule is CCOC(=O)C(=O)c1c[nH]c2cc(C)ccc12. The van der Waals surface area contributed by atoms with Gasteiger partial charge in [-0.05, 0) is 25.5 Å². The molecule has 1 aromatic heterocycles. The van der Waals surface area contributed by atoms with Gasteiger partial charge in [-0.25, -0.2) is 4.79 Å². The number of aromatic nitrogens is 1. The van der Waals surface area contributed by atoms with Gasteiger partial charge in [-0.3, -0.25) is 4.79 Å². The molecule has 0 fully saturated rings. The number of nitrogens with one attached hydrogen (secondary N) is 1. The van der Waals surface area contributed by atoms with Crippen molar-refractivity contribution in [3.63, 3.8) is 0 Å². The largest absolute Gasteiger partial charge is 0.460 e. The zero-order valence-corrected chi connectivity index (χ0v) is 9.74. The maximum Gasteiger partial charge on any atom is 0.379 e. The first-order valence-corrected chi connectivity index (χ1v) is 5.42. The van der Waals surface area contributed by atoms with Gasteiger partial charge in [-0.2, -0.15) is 0 Å². The first kappa shape index (κ1) is 11.4. The molecule has 0 spiro atoms. The minimum absolute atomic E-state index is 0.200. The summed E-state index contributed by atoms with van der Waals surface area (Å²) in [6, 6.07) is 5.66. The first-order chi connectivity index (χ1) is 8.13. The van der Waals surface area contributed by atoms with Crippen LogP contribution in [-0.2, 0) is 9.53 Å². The van der Waals surface area contributed by atoms with Gasteiger partial charge in [0.2, 0.25) is 0 Å². The van der Waals surface area contributed by atoms with Crippen LogP contribution in [0.3, 0.4) is 0 Å². The zero-order valence-electron chi connectivity index (χ0n) is 9.74. The highest BCUT2D eigenvalue weighted by atomic mass is 16.5. The Morgan fingerprint density at radius 3 is 2.82 bits per heavy atom. The lowest BCUT2D eigenvalue weighted by Gasteiger charge is -1.99. The minimum atomic E-state index is -0.811. The number of carbonyl (C=O) groups is 2. The molecule has 4 nitrogen and oxygen atoms in total. The number of ketones is 1. The Morgan fingerprint density at radius 2 is 2.12 bits per heavy atom. The summed E-state index contributed by atoms with van der Waals surface area (Å²) < 4.78 is 4.70. The number of ether oxygens (including phenoxy) is 1. The van der Waals surface area contributed by atoms with E-state index in [1.807, 2.05) is 25.1 Å². The molecule has 0 saturated carbocycles. The molecule has 0 amide bonds. The number of rotatable bonds is 3. The molecular formula is C13H13NO3. The summed E-state index contributed by atoms with van der Waals surface area (Å²) in [7, 11) is 0. The highest BCUT2D eigenvalue weighted by Crippen LogP contribution is 2.20. The summed E-state index contributed by atoms with van der Waals surface area (Å²) in [5.41, 5.74) is 2.30. The topological polar surface area (TPSA) is 59.2 Å². The molecule has 4 heteroatoms. The fourth-order valence-electron chi connectivity index (χ4n) is 1.73. The molecule has 1 N–H and O–H groups in total. The summed E-state index contributed by atoms with van der Waals surface area (Å²) in [5.74, 6) is -1.42. The van der Waals surface area contributed by atoms with Crippen molar-refractivity contribution in [2.24, 2.45) is 0 Å². The lowest BCUT2D eigenvalue weighted by atomic mass is 10.1. The van der Waals surface area contributed by atoms with E-state index in [0.717, 1.165) is 16.5 Å². The van der Waals surface area contributed by atoms with Crippen molar-refractivity contribution in [2.75, 3.05) is 6.61 Å². The second-order valence-electron chi connectivity index (χ2n) is 3.80. The van der Waals surface area contributed by atoms with Crippen molar-refractivity contribution >= 4 is 22.7 Å². The lowest BCUT2D eigenvalue weighted by molar-refractivity contribution is -0.137. The van der Waals surface area contributed by atoms with Crippen LogP contribution >= 0.6 is 0 Å². The maximum atomic E-state index is 11.8. The van der Waals surface area contributed by atoms with Gasteiger partial charge >= 0.3 is 5.97 Å². The highest BCUT2D eigenvalue weighted by molar-refractivity contribution is 6.42. The summed E-state index contributed by atoms with van der Waals surface area (Å²) >= 11 is 0. The van der Waals surface area contributed by atoms with Gasteiger partial charge < -0.3 is 9.72 Å². The normalized spacial score (nSPS) is 10.5. The van der Waals surface area contributed by atoms with E-state index in [4.69, 9.17) is 4.74 Å². The lowest BCUT2D eigenvalue weighted by Crippen LogP contribution is -2.17. The Kier molecular flexibility index (Phi) is 2.95. The number of aryl methyl sites for hydroxylation is 1. The molecule has 0 aliphatic rings. The number of Topliss-reactive ketones (excluding diaryl/α,β-unsaturated/α-hetero) is 1. The van der Waals surface area contributed by atoms with E-state index in [-0.39, 0.29) is 6.61 Å². The second-order valence-corrected chi connectivity index (χ2v) is 3.80. The van der Waals surface area contributed by atoms with Crippen LogP contribution in [0, 0.1) is 6.92 Å². The third-order valence-corrected chi connectivity index (χ3v) is 2.54. The van der Waals surface area contributed by atoms with Crippen molar-refractivity contribution in [1.82, 2.24) is 4.98 Å². The first-order valence-electron chi connectivity index (χ1n) is 5.42. The quantitative estimate of drug-likeness (QED) is 0.500. The van der Waals surface area contributed by atoms with E-state index >= 15 is 0 Å². The van der Waals surface area contributed by atoms with Crippen LogP contribution in [0.2, 0.25) is 0 Å². The number of aromatic amines is 1. The molecule has 17 heavy (non-hydrogen) atoms. The number of hydrogen-bond donors (Lipinski definition) is 1. The minimum Gasteiger partial charge on any atom is -0.460 e. The molecule has 1 aromatic carbocycles. The van der Waals surface area contributed by atoms with Crippen LogP contribution in [0.25, 0.3) is 10.9 Å². The predicted molar refractivity (Wildman–Crippen MR) is 64.0 cm³/mol. The molecule has 0 bridgehead atoms. The van der Waals surface area contributed by atoms with E-state index in [0.29, 0.717) is 5.56 Å². The number of benzene rings is 1. The Morgan fingerprint density at radius 1 is 1.35 bits per heavy atom. The predicted octanol–water partition coefficient (Wildman–Crippen LogP) is 2.22. The number of carbonyl (C=O) groups excluding carboxylic acids is 2. The summed E-state index contributed by atoms with van der Waals surface area (Å²) in [5, 5.41) is 0.744. The van der Waals surface area contributed by atoms with Crippen LogP contribution in [0.15, 0.2) is 24.4 Å². The molecule has 0 atom stereocenters. The number of hydrogen-bond acceptors (Lipinski definition) is 3. The molecule has 0 unspecified atom stereocenters. The molecule has 1 heterocycles. The highest BCUT2D eigenvalue weighted by Gasteiger charge is 2.20. The second kappa shape index (κ2) is 4.41. The molecule has 0 saturated heterocycles.